The zero-order valence-corrected chi connectivity index (χ0v) is 13.2. The molecule has 1 aromatic rings. The minimum absolute atomic E-state index is 0.0282. The van der Waals surface area contributed by atoms with Crippen molar-refractivity contribution in [3.8, 4) is 0 Å². The molecule has 1 nitrogen and oxygen atoms in total. The van der Waals surface area contributed by atoms with Crippen LogP contribution in [-0.4, -0.2) is 7.11 Å². The lowest BCUT2D eigenvalue weighted by Crippen LogP contribution is -2.07. The lowest BCUT2D eigenvalue weighted by atomic mass is 9.79. The highest BCUT2D eigenvalue weighted by atomic mass is 19.1. The highest BCUT2D eigenvalue weighted by Gasteiger charge is 2.21. The van der Waals surface area contributed by atoms with E-state index in [1.54, 1.807) is 13.2 Å². The van der Waals surface area contributed by atoms with Crippen molar-refractivity contribution in [2.24, 2.45) is 0 Å². The molecule has 22 heavy (non-hydrogen) atoms. The molecule has 0 saturated heterocycles. The van der Waals surface area contributed by atoms with Gasteiger partial charge in [0.25, 0.3) is 0 Å². The summed E-state index contributed by atoms with van der Waals surface area (Å²) in [5.41, 5.74) is 7.52. The van der Waals surface area contributed by atoms with Crippen LogP contribution in [0, 0.1) is 0 Å². The van der Waals surface area contributed by atoms with Crippen molar-refractivity contribution in [3.05, 3.63) is 70.6 Å². The van der Waals surface area contributed by atoms with Gasteiger partial charge in [0, 0.05) is 12.0 Å². The summed E-state index contributed by atoms with van der Waals surface area (Å²) in [7, 11) is 1.64. The van der Waals surface area contributed by atoms with Crippen molar-refractivity contribution in [2.75, 3.05) is 7.11 Å². The van der Waals surface area contributed by atoms with Gasteiger partial charge in [-0.15, -0.1) is 0 Å². The van der Waals surface area contributed by atoms with Gasteiger partial charge >= 0.3 is 0 Å². The van der Waals surface area contributed by atoms with Crippen molar-refractivity contribution in [2.45, 2.75) is 32.6 Å². The molecule has 0 aliphatic heterocycles. The number of rotatable bonds is 3. The Kier molecular flexibility index (Phi) is 4.02. The summed E-state index contributed by atoms with van der Waals surface area (Å²) < 4.78 is 18.6. The molecule has 0 unspecified atom stereocenters. The molecule has 0 saturated carbocycles. The number of benzene rings is 1. The van der Waals surface area contributed by atoms with E-state index >= 15 is 0 Å². The predicted molar refractivity (Wildman–Crippen MR) is 89.9 cm³/mol. The van der Waals surface area contributed by atoms with Crippen LogP contribution in [0.25, 0.3) is 11.3 Å². The summed E-state index contributed by atoms with van der Waals surface area (Å²) in [4.78, 5) is 0. The molecule has 114 valence electrons. The van der Waals surface area contributed by atoms with Crippen LogP contribution in [0.15, 0.2) is 53.9 Å². The molecule has 2 aliphatic carbocycles. The summed E-state index contributed by atoms with van der Waals surface area (Å²) in [6.07, 6.45) is 6.93. The van der Waals surface area contributed by atoms with Gasteiger partial charge < -0.3 is 4.74 Å². The molecule has 0 fully saturated rings. The second-order valence-electron chi connectivity index (χ2n) is 5.96. The van der Waals surface area contributed by atoms with Crippen molar-refractivity contribution in [1.29, 1.82) is 0 Å². The maximum Gasteiger partial charge on any atom is 0.118 e. The number of aryl methyl sites for hydroxylation is 1. The van der Waals surface area contributed by atoms with E-state index in [9.17, 15) is 4.39 Å². The smallest absolute Gasteiger partial charge is 0.118 e. The first-order valence-electron chi connectivity index (χ1n) is 7.72. The lowest BCUT2D eigenvalue weighted by molar-refractivity contribution is 0.371. The Morgan fingerprint density at radius 3 is 2.64 bits per heavy atom. The van der Waals surface area contributed by atoms with Crippen molar-refractivity contribution in [3.63, 3.8) is 0 Å². The van der Waals surface area contributed by atoms with Crippen molar-refractivity contribution >= 4 is 11.3 Å². The van der Waals surface area contributed by atoms with E-state index in [0.29, 0.717) is 12.2 Å². The Morgan fingerprint density at radius 2 is 1.95 bits per heavy atom. The van der Waals surface area contributed by atoms with Gasteiger partial charge in [0.05, 0.1) is 7.11 Å². The van der Waals surface area contributed by atoms with E-state index in [0.717, 1.165) is 24.8 Å². The highest BCUT2D eigenvalue weighted by Crippen LogP contribution is 2.40. The van der Waals surface area contributed by atoms with Crippen LogP contribution in [0.4, 0.5) is 4.39 Å². The molecule has 0 radical (unpaired) electrons. The van der Waals surface area contributed by atoms with Gasteiger partial charge in [-0.3, -0.25) is 0 Å². The summed E-state index contributed by atoms with van der Waals surface area (Å²) in [6, 6.07) is 6.40. The number of methoxy groups -OCH3 is 1. The molecule has 2 heteroatoms. The monoisotopic (exact) mass is 296 g/mol. The van der Waals surface area contributed by atoms with E-state index in [2.05, 4.69) is 31.7 Å². The van der Waals surface area contributed by atoms with E-state index in [1.165, 1.54) is 27.8 Å². The number of allylic oxidation sites excluding steroid dienone is 6. The average Bonchev–Trinajstić information content (AvgIpc) is 2.54. The van der Waals surface area contributed by atoms with E-state index in [4.69, 9.17) is 4.74 Å². The first kappa shape index (κ1) is 14.8. The molecule has 1 aromatic carbocycles. The van der Waals surface area contributed by atoms with Crippen LogP contribution in [0.3, 0.4) is 0 Å². The van der Waals surface area contributed by atoms with Gasteiger partial charge in [0.2, 0.25) is 0 Å². The molecule has 0 spiro atoms. The van der Waals surface area contributed by atoms with Crippen LogP contribution in [0.2, 0.25) is 0 Å². The molecule has 0 N–H and O–H groups in total. The maximum absolute atomic E-state index is 13.3. The molecule has 0 amide bonds. The van der Waals surface area contributed by atoms with Crippen molar-refractivity contribution < 1.29 is 9.13 Å². The van der Waals surface area contributed by atoms with E-state index in [1.807, 2.05) is 6.08 Å². The molecule has 0 atom stereocenters. The lowest BCUT2D eigenvalue weighted by Gasteiger charge is -2.25. The van der Waals surface area contributed by atoms with Gasteiger partial charge in [0.15, 0.2) is 0 Å². The normalized spacial score (nSPS) is 17.6. The predicted octanol–water partition coefficient (Wildman–Crippen LogP) is 5.60. The van der Waals surface area contributed by atoms with Crippen LogP contribution >= 0.6 is 0 Å². The number of fused-ring (bicyclic) bond motifs is 1. The zero-order chi connectivity index (χ0) is 15.7. The van der Waals surface area contributed by atoms with Gasteiger partial charge in [-0.2, -0.15) is 0 Å². The van der Waals surface area contributed by atoms with E-state index < -0.39 is 0 Å². The largest absolute Gasteiger partial charge is 0.497 e. The number of ether oxygens (including phenoxy) is 1. The Bertz CT molecular complexity index is 719. The Labute approximate surface area is 131 Å². The summed E-state index contributed by atoms with van der Waals surface area (Å²) in [5.74, 6) is 0.647. The molecule has 2 aliphatic rings. The van der Waals surface area contributed by atoms with Gasteiger partial charge in [-0.25, -0.2) is 4.39 Å². The second kappa shape index (κ2) is 5.96. The Balaban J connectivity index is 2.10. The molecule has 0 bridgehead atoms. The maximum atomic E-state index is 13.3. The highest BCUT2D eigenvalue weighted by molar-refractivity contribution is 5.86. The van der Waals surface area contributed by atoms with Gasteiger partial charge in [-0.1, -0.05) is 30.4 Å². The Hall–Kier alpha value is -2.09. The zero-order valence-electron chi connectivity index (χ0n) is 13.2. The molecular formula is C20H21FO. The van der Waals surface area contributed by atoms with Gasteiger partial charge in [-0.05, 0) is 60.6 Å². The third kappa shape index (κ3) is 2.66. The topological polar surface area (TPSA) is 9.23 Å². The van der Waals surface area contributed by atoms with Gasteiger partial charge in [0.1, 0.15) is 11.6 Å². The SMILES string of the molecule is C=C(OC)c1ccc2c(c1)C(C1=CC=C(F)CC1)=C(C)CC2. The molecule has 3 rings (SSSR count). The van der Waals surface area contributed by atoms with Crippen LogP contribution < -0.4 is 0 Å². The standard InChI is InChI=1S/C20H21FO/c1-13-4-5-15-6-7-17(14(2)22-3)12-19(15)20(13)16-8-10-18(21)11-9-16/h6-8,10,12H,2,4-5,9,11H2,1,3H3. The summed E-state index contributed by atoms with van der Waals surface area (Å²) >= 11 is 0. The summed E-state index contributed by atoms with van der Waals surface area (Å²) in [6.45, 7) is 6.13. The second-order valence-corrected chi connectivity index (χ2v) is 5.96. The minimum atomic E-state index is -0.0282. The third-order valence-corrected chi connectivity index (χ3v) is 4.56. The molecular weight excluding hydrogens is 275 g/mol. The number of hydrogen-bond donors (Lipinski definition) is 0. The van der Waals surface area contributed by atoms with Crippen LogP contribution in [0.1, 0.15) is 42.9 Å². The number of hydrogen-bond acceptors (Lipinski definition) is 1. The Morgan fingerprint density at radius 1 is 1.14 bits per heavy atom. The first-order valence-corrected chi connectivity index (χ1v) is 7.72. The quantitative estimate of drug-likeness (QED) is 0.660. The van der Waals surface area contributed by atoms with Crippen LogP contribution in [0.5, 0.6) is 0 Å². The fourth-order valence-corrected chi connectivity index (χ4v) is 3.26. The third-order valence-electron chi connectivity index (χ3n) is 4.56. The fourth-order valence-electron chi connectivity index (χ4n) is 3.26. The molecule has 0 heterocycles. The first-order chi connectivity index (χ1) is 10.6. The van der Waals surface area contributed by atoms with E-state index in [-0.39, 0.29) is 5.83 Å². The molecule has 0 aromatic heterocycles. The fraction of sp³-hybridized carbons (Fsp3) is 0.300. The van der Waals surface area contributed by atoms with Crippen LogP contribution in [-0.2, 0) is 11.2 Å². The minimum Gasteiger partial charge on any atom is -0.497 e. The average molecular weight is 296 g/mol. The van der Waals surface area contributed by atoms with Crippen molar-refractivity contribution in [1.82, 2.24) is 0 Å². The summed E-state index contributed by atoms with van der Waals surface area (Å²) in [5, 5.41) is 0. The number of halogens is 1.